The highest BCUT2D eigenvalue weighted by molar-refractivity contribution is 7.89. The second-order valence-electron chi connectivity index (χ2n) is 5.05. The fraction of sp³-hybridized carbons (Fsp3) is 0.385. The van der Waals surface area contributed by atoms with Crippen molar-refractivity contribution >= 4 is 16.0 Å². The van der Waals surface area contributed by atoms with Gasteiger partial charge in [0.25, 0.3) is 0 Å². The number of hydrogen-bond acceptors (Lipinski definition) is 4. The molecular weight excluding hydrogens is 280 g/mol. The third kappa shape index (κ3) is 3.56. The zero-order chi connectivity index (χ0) is 15.6. The molecule has 7 heteroatoms. The van der Waals surface area contributed by atoms with Crippen LogP contribution in [0.15, 0.2) is 23.1 Å². The van der Waals surface area contributed by atoms with E-state index in [1.54, 1.807) is 13.8 Å². The lowest BCUT2D eigenvalue weighted by atomic mass is 9.97. The molecule has 0 heterocycles. The van der Waals surface area contributed by atoms with E-state index >= 15 is 0 Å². The van der Waals surface area contributed by atoms with Crippen LogP contribution in [-0.2, 0) is 10.0 Å². The molecule has 0 amide bonds. The van der Waals surface area contributed by atoms with Gasteiger partial charge in [-0.05, 0) is 38.5 Å². The number of benzene rings is 1. The molecule has 6 nitrogen and oxygen atoms in total. The molecule has 0 bridgehead atoms. The van der Waals surface area contributed by atoms with Gasteiger partial charge in [-0.2, -0.15) is 5.26 Å². The lowest BCUT2D eigenvalue weighted by molar-refractivity contribution is 0.0696. The van der Waals surface area contributed by atoms with Gasteiger partial charge in [-0.1, -0.05) is 6.07 Å². The molecule has 0 saturated carbocycles. The molecule has 0 aromatic heterocycles. The highest BCUT2D eigenvalue weighted by Crippen LogP contribution is 2.20. The molecule has 0 aliphatic heterocycles. The normalized spacial score (nSPS) is 11.9. The summed E-state index contributed by atoms with van der Waals surface area (Å²) < 4.78 is 26.7. The molecule has 2 N–H and O–H groups in total. The van der Waals surface area contributed by atoms with Crippen molar-refractivity contribution in [3.8, 4) is 6.07 Å². The van der Waals surface area contributed by atoms with E-state index in [1.165, 1.54) is 25.1 Å². The molecule has 108 valence electrons. The van der Waals surface area contributed by atoms with Gasteiger partial charge in [-0.3, -0.25) is 0 Å². The third-order valence-electron chi connectivity index (χ3n) is 2.81. The Morgan fingerprint density at radius 2 is 2.05 bits per heavy atom. The number of carboxylic acid groups (broad SMARTS) is 1. The Hall–Kier alpha value is -1.91. The first-order valence-electron chi connectivity index (χ1n) is 5.84. The van der Waals surface area contributed by atoms with Crippen molar-refractivity contribution in [3.05, 3.63) is 29.3 Å². The third-order valence-corrected chi connectivity index (χ3v) is 4.36. The minimum Gasteiger partial charge on any atom is -0.478 e. The zero-order valence-electron chi connectivity index (χ0n) is 11.5. The van der Waals surface area contributed by atoms with Crippen molar-refractivity contribution in [3.63, 3.8) is 0 Å². The summed E-state index contributed by atoms with van der Waals surface area (Å²) in [6.45, 7) is 4.60. The number of sulfonamides is 1. The van der Waals surface area contributed by atoms with Crippen molar-refractivity contribution in [1.29, 1.82) is 5.26 Å². The Balaban J connectivity index is 3.15. The summed E-state index contributed by atoms with van der Waals surface area (Å²) in [4.78, 5) is 10.9. The Bertz CT molecular complexity index is 672. The largest absolute Gasteiger partial charge is 0.478 e. The van der Waals surface area contributed by atoms with Crippen LogP contribution in [0.25, 0.3) is 0 Å². The SMILES string of the molecule is Cc1c(C(=O)O)cccc1S(=O)(=O)NCC(C)(C)C#N. The van der Waals surface area contributed by atoms with E-state index in [9.17, 15) is 13.2 Å². The summed E-state index contributed by atoms with van der Waals surface area (Å²) in [7, 11) is -3.85. The van der Waals surface area contributed by atoms with Crippen molar-refractivity contribution in [2.75, 3.05) is 6.54 Å². The molecule has 0 radical (unpaired) electrons. The number of hydrogen-bond donors (Lipinski definition) is 2. The number of nitriles is 1. The second-order valence-corrected chi connectivity index (χ2v) is 6.79. The smallest absolute Gasteiger partial charge is 0.335 e. The number of aromatic carboxylic acids is 1. The first kappa shape index (κ1) is 16.1. The van der Waals surface area contributed by atoms with E-state index < -0.39 is 21.4 Å². The standard InChI is InChI=1S/C13H16N2O4S/c1-9-10(12(16)17)5-4-6-11(9)20(18,19)15-8-13(2,3)7-14/h4-6,15H,8H2,1-3H3,(H,16,17). The fourth-order valence-electron chi connectivity index (χ4n) is 1.53. The number of nitrogens with one attached hydrogen (secondary N) is 1. The van der Waals surface area contributed by atoms with E-state index in [1.807, 2.05) is 6.07 Å². The maximum atomic E-state index is 12.2. The molecule has 0 unspecified atom stereocenters. The van der Waals surface area contributed by atoms with Crippen LogP contribution in [0, 0.1) is 23.7 Å². The van der Waals surface area contributed by atoms with Crippen LogP contribution in [-0.4, -0.2) is 26.0 Å². The summed E-state index contributed by atoms with van der Waals surface area (Å²) in [5.74, 6) is -1.18. The Morgan fingerprint density at radius 3 is 2.55 bits per heavy atom. The molecule has 0 aliphatic carbocycles. The van der Waals surface area contributed by atoms with Gasteiger partial charge < -0.3 is 5.11 Å². The molecule has 0 fully saturated rings. The molecule has 0 spiro atoms. The fourth-order valence-corrected chi connectivity index (χ4v) is 3.01. The maximum Gasteiger partial charge on any atom is 0.335 e. The Morgan fingerprint density at radius 1 is 1.45 bits per heavy atom. The topological polar surface area (TPSA) is 107 Å². The Kier molecular flexibility index (Phi) is 4.53. The van der Waals surface area contributed by atoms with Gasteiger partial charge in [0.15, 0.2) is 0 Å². The van der Waals surface area contributed by atoms with Gasteiger partial charge in [0.1, 0.15) is 0 Å². The molecule has 1 aromatic rings. The average Bonchev–Trinajstić information content (AvgIpc) is 2.36. The number of carbonyl (C=O) groups is 1. The molecule has 0 atom stereocenters. The Labute approximate surface area is 118 Å². The molecule has 0 aliphatic rings. The maximum absolute atomic E-state index is 12.2. The van der Waals surface area contributed by atoms with E-state index in [0.717, 1.165) is 0 Å². The van der Waals surface area contributed by atoms with E-state index in [2.05, 4.69) is 4.72 Å². The van der Waals surface area contributed by atoms with E-state index in [0.29, 0.717) is 0 Å². The van der Waals surface area contributed by atoms with Crippen LogP contribution in [0.5, 0.6) is 0 Å². The van der Waals surface area contributed by atoms with Gasteiger partial charge in [-0.25, -0.2) is 17.9 Å². The van der Waals surface area contributed by atoms with Crippen LogP contribution in [0.2, 0.25) is 0 Å². The predicted molar refractivity (Wildman–Crippen MR) is 72.7 cm³/mol. The minimum absolute atomic E-state index is 0.0530. The van der Waals surface area contributed by atoms with Crippen LogP contribution >= 0.6 is 0 Å². The van der Waals surface area contributed by atoms with Crippen molar-refractivity contribution in [2.45, 2.75) is 25.7 Å². The van der Waals surface area contributed by atoms with Crippen LogP contribution in [0.4, 0.5) is 0 Å². The van der Waals surface area contributed by atoms with Gasteiger partial charge >= 0.3 is 5.97 Å². The van der Waals surface area contributed by atoms with Gasteiger partial charge in [0, 0.05) is 6.54 Å². The second kappa shape index (κ2) is 5.61. The summed E-state index contributed by atoms with van der Waals surface area (Å²) in [6, 6.07) is 6.04. The highest BCUT2D eigenvalue weighted by Gasteiger charge is 2.24. The summed E-state index contributed by atoms with van der Waals surface area (Å²) in [5.41, 5.74) is -0.736. The lowest BCUT2D eigenvalue weighted by Gasteiger charge is -2.17. The lowest BCUT2D eigenvalue weighted by Crippen LogP contribution is -2.33. The summed E-state index contributed by atoms with van der Waals surface area (Å²) >= 11 is 0. The van der Waals surface area contributed by atoms with Gasteiger partial charge in [0.2, 0.25) is 10.0 Å². The van der Waals surface area contributed by atoms with Crippen LogP contribution in [0.3, 0.4) is 0 Å². The molecule has 1 aromatic carbocycles. The van der Waals surface area contributed by atoms with Crippen LogP contribution < -0.4 is 4.72 Å². The average molecular weight is 296 g/mol. The number of carboxylic acids is 1. The first-order chi connectivity index (χ1) is 9.10. The number of rotatable bonds is 5. The minimum atomic E-state index is -3.85. The van der Waals surface area contributed by atoms with Crippen molar-refractivity contribution in [1.82, 2.24) is 4.72 Å². The zero-order valence-corrected chi connectivity index (χ0v) is 12.3. The quantitative estimate of drug-likeness (QED) is 0.856. The van der Waals surface area contributed by atoms with Crippen molar-refractivity contribution in [2.24, 2.45) is 5.41 Å². The molecular formula is C13H16N2O4S. The number of nitrogens with zero attached hydrogens (tertiary/aromatic N) is 1. The first-order valence-corrected chi connectivity index (χ1v) is 7.33. The van der Waals surface area contributed by atoms with Gasteiger partial charge in [0.05, 0.1) is 21.9 Å². The van der Waals surface area contributed by atoms with E-state index in [4.69, 9.17) is 10.4 Å². The molecule has 1 rings (SSSR count). The summed E-state index contributed by atoms with van der Waals surface area (Å²) in [6.07, 6.45) is 0. The van der Waals surface area contributed by atoms with Gasteiger partial charge in [-0.15, -0.1) is 0 Å². The van der Waals surface area contributed by atoms with Crippen LogP contribution in [0.1, 0.15) is 29.8 Å². The molecule has 0 saturated heterocycles. The molecule has 20 heavy (non-hydrogen) atoms. The summed E-state index contributed by atoms with van der Waals surface area (Å²) in [5, 5.41) is 17.9. The predicted octanol–water partition coefficient (Wildman–Crippen LogP) is 1.52. The monoisotopic (exact) mass is 296 g/mol. The van der Waals surface area contributed by atoms with Crippen molar-refractivity contribution < 1.29 is 18.3 Å². The van der Waals surface area contributed by atoms with E-state index in [-0.39, 0.29) is 22.6 Å². The highest BCUT2D eigenvalue weighted by atomic mass is 32.2.